The second-order valence-corrected chi connectivity index (χ2v) is 7.51. The molecule has 3 heterocycles. The van der Waals surface area contributed by atoms with Gasteiger partial charge in [-0.2, -0.15) is 0 Å². The lowest BCUT2D eigenvalue weighted by atomic mass is 10.2. The minimum atomic E-state index is -0.663. The molecule has 1 aromatic carbocycles. The van der Waals surface area contributed by atoms with Crippen LogP contribution in [0.3, 0.4) is 0 Å². The van der Waals surface area contributed by atoms with Crippen molar-refractivity contribution in [2.45, 2.75) is 25.8 Å². The molecule has 1 aliphatic rings. The minimum Gasteiger partial charge on any atom is -0.389 e. The van der Waals surface area contributed by atoms with Crippen molar-refractivity contribution in [3.63, 3.8) is 0 Å². The molecule has 0 aliphatic heterocycles. The molecule has 0 bridgehead atoms. The number of amides is 1. The second-order valence-electron chi connectivity index (χ2n) is 7.51. The highest BCUT2D eigenvalue weighted by atomic mass is 16.6. The molecule has 0 saturated heterocycles. The summed E-state index contributed by atoms with van der Waals surface area (Å²) in [5.74, 6) is 2.16. The summed E-state index contributed by atoms with van der Waals surface area (Å²) in [5, 5.41) is 9.38. The van der Waals surface area contributed by atoms with Crippen LogP contribution in [0.5, 0.6) is 5.88 Å². The summed E-state index contributed by atoms with van der Waals surface area (Å²) in [6.07, 6.45) is 11.0. The molecule has 4 aromatic rings. The number of aryl methyl sites for hydroxylation is 1. The van der Waals surface area contributed by atoms with E-state index in [-0.39, 0.29) is 5.88 Å². The van der Waals surface area contributed by atoms with Gasteiger partial charge in [0.25, 0.3) is 0 Å². The van der Waals surface area contributed by atoms with Crippen LogP contribution in [0.2, 0.25) is 0 Å². The summed E-state index contributed by atoms with van der Waals surface area (Å²) < 4.78 is 6.97. The van der Waals surface area contributed by atoms with E-state index in [1.807, 2.05) is 29.8 Å². The van der Waals surface area contributed by atoms with Gasteiger partial charge in [-0.05, 0) is 37.5 Å². The number of hydrogen-bond acceptors (Lipinski definition) is 9. The Morgan fingerprint density at radius 3 is 2.82 bits per heavy atom. The topological polar surface area (TPSA) is 132 Å². The average Bonchev–Trinajstić information content (AvgIpc) is 3.51. The number of carbonyl (C=O) groups excluding carboxylic acids is 1. The van der Waals surface area contributed by atoms with Crippen molar-refractivity contribution in [1.29, 1.82) is 0 Å². The quantitative estimate of drug-likeness (QED) is 0.391. The fourth-order valence-corrected chi connectivity index (χ4v) is 3.11. The Kier molecular flexibility index (Phi) is 5.50. The molecule has 1 fully saturated rings. The Morgan fingerprint density at radius 2 is 2.00 bits per heavy atom. The Morgan fingerprint density at radius 1 is 1.09 bits per heavy atom. The van der Waals surface area contributed by atoms with Crippen LogP contribution in [0.25, 0.3) is 5.82 Å². The molecule has 3 aromatic heterocycles. The summed E-state index contributed by atoms with van der Waals surface area (Å²) in [6.45, 7) is 1.96. The summed E-state index contributed by atoms with van der Waals surface area (Å²) in [6, 6.07) is 7.85. The van der Waals surface area contributed by atoms with Crippen LogP contribution in [0.15, 0.2) is 61.6 Å². The number of imidazole rings is 1. The lowest BCUT2D eigenvalue weighted by Gasteiger charge is -2.13. The first kappa shape index (κ1) is 20.4. The van der Waals surface area contributed by atoms with Crippen molar-refractivity contribution >= 4 is 29.2 Å². The first-order chi connectivity index (χ1) is 16.1. The highest BCUT2D eigenvalue weighted by molar-refractivity contribution is 5.87. The van der Waals surface area contributed by atoms with Crippen molar-refractivity contribution in [2.75, 3.05) is 16.0 Å². The van der Waals surface area contributed by atoms with Gasteiger partial charge in [-0.3, -0.25) is 14.9 Å². The molecule has 1 saturated carbocycles. The molecule has 11 heteroatoms. The van der Waals surface area contributed by atoms with Crippen molar-refractivity contribution < 1.29 is 9.53 Å². The maximum atomic E-state index is 12.2. The van der Waals surface area contributed by atoms with Crippen LogP contribution in [0.4, 0.5) is 27.9 Å². The van der Waals surface area contributed by atoms with E-state index in [1.54, 1.807) is 18.3 Å². The van der Waals surface area contributed by atoms with Crippen LogP contribution in [0.1, 0.15) is 18.4 Å². The van der Waals surface area contributed by atoms with Gasteiger partial charge in [-0.15, -0.1) is 0 Å². The molecular weight excluding hydrogens is 422 g/mol. The number of aromatic nitrogens is 6. The molecule has 0 unspecified atom stereocenters. The number of carbonyl (C=O) groups is 1. The minimum absolute atomic E-state index is 0.114. The summed E-state index contributed by atoms with van der Waals surface area (Å²) in [7, 11) is 0. The Bertz CT molecular complexity index is 1270. The summed E-state index contributed by atoms with van der Waals surface area (Å²) in [5.41, 5.74) is 2.29. The Labute approximate surface area is 189 Å². The highest BCUT2D eigenvalue weighted by Crippen LogP contribution is 2.27. The number of hydrogen-bond donors (Lipinski definition) is 3. The van der Waals surface area contributed by atoms with Crippen LogP contribution in [-0.2, 0) is 0 Å². The maximum Gasteiger partial charge on any atom is 0.418 e. The number of anilines is 4. The molecular formula is C22H21N9O2. The van der Waals surface area contributed by atoms with Gasteiger partial charge in [-0.25, -0.2) is 24.7 Å². The normalized spacial score (nSPS) is 12.8. The molecule has 0 spiro atoms. The molecule has 1 aliphatic carbocycles. The van der Waals surface area contributed by atoms with Gasteiger partial charge in [-0.1, -0.05) is 6.07 Å². The van der Waals surface area contributed by atoms with Gasteiger partial charge in [0.1, 0.15) is 18.0 Å². The van der Waals surface area contributed by atoms with Gasteiger partial charge in [0, 0.05) is 48.3 Å². The predicted octanol–water partition coefficient (Wildman–Crippen LogP) is 3.69. The van der Waals surface area contributed by atoms with Gasteiger partial charge >= 0.3 is 6.09 Å². The zero-order valence-electron chi connectivity index (χ0n) is 17.8. The molecule has 33 heavy (non-hydrogen) atoms. The molecule has 0 atom stereocenters. The number of ether oxygens (including phenoxy) is 1. The Hall–Kier alpha value is -4.54. The summed E-state index contributed by atoms with van der Waals surface area (Å²) in [4.78, 5) is 33.1. The van der Waals surface area contributed by atoms with Gasteiger partial charge in [0.2, 0.25) is 11.8 Å². The first-order valence-electron chi connectivity index (χ1n) is 10.4. The van der Waals surface area contributed by atoms with Crippen molar-refractivity contribution in [1.82, 2.24) is 29.5 Å². The number of benzene rings is 1. The monoisotopic (exact) mass is 443 g/mol. The van der Waals surface area contributed by atoms with Crippen LogP contribution < -0.4 is 20.7 Å². The van der Waals surface area contributed by atoms with E-state index in [1.165, 1.54) is 24.9 Å². The molecule has 5 rings (SSSR count). The molecule has 1 amide bonds. The van der Waals surface area contributed by atoms with Gasteiger partial charge in [0.15, 0.2) is 0 Å². The lowest BCUT2D eigenvalue weighted by molar-refractivity contribution is 0.213. The average molecular weight is 443 g/mol. The zero-order chi connectivity index (χ0) is 22.6. The highest BCUT2D eigenvalue weighted by Gasteiger charge is 2.21. The molecule has 166 valence electrons. The molecule has 3 N–H and O–H groups in total. The van der Waals surface area contributed by atoms with Crippen LogP contribution >= 0.6 is 0 Å². The van der Waals surface area contributed by atoms with E-state index in [0.29, 0.717) is 23.5 Å². The molecule has 11 nitrogen and oxygen atoms in total. The van der Waals surface area contributed by atoms with Crippen molar-refractivity contribution in [3.8, 4) is 11.7 Å². The van der Waals surface area contributed by atoms with Gasteiger partial charge < -0.3 is 15.4 Å². The number of nitrogens with zero attached hydrogens (tertiary/aromatic N) is 6. The van der Waals surface area contributed by atoms with Crippen LogP contribution in [0, 0.1) is 6.92 Å². The van der Waals surface area contributed by atoms with E-state index < -0.39 is 6.09 Å². The predicted molar refractivity (Wildman–Crippen MR) is 122 cm³/mol. The largest absolute Gasteiger partial charge is 0.418 e. The smallest absolute Gasteiger partial charge is 0.389 e. The van der Waals surface area contributed by atoms with E-state index in [4.69, 9.17) is 4.74 Å². The van der Waals surface area contributed by atoms with E-state index in [9.17, 15) is 4.79 Å². The lowest BCUT2D eigenvalue weighted by Crippen LogP contribution is -2.17. The van der Waals surface area contributed by atoms with Crippen molar-refractivity contribution in [2.24, 2.45) is 0 Å². The number of nitrogens with one attached hydrogen (secondary N) is 3. The first-order valence-corrected chi connectivity index (χ1v) is 10.4. The molecule has 0 radical (unpaired) electrons. The van der Waals surface area contributed by atoms with E-state index in [0.717, 1.165) is 29.9 Å². The maximum absolute atomic E-state index is 12.2. The Balaban J connectivity index is 1.32. The van der Waals surface area contributed by atoms with Gasteiger partial charge in [0.05, 0.1) is 6.20 Å². The second kappa shape index (κ2) is 8.91. The van der Waals surface area contributed by atoms with E-state index >= 15 is 0 Å². The fourth-order valence-electron chi connectivity index (χ4n) is 3.11. The fraction of sp³-hybridized carbons (Fsp3) is 0.182. The third-order valence-electron chi connectivity index (χ3n) is 4.94. The third kappa shape index (κ3) is 5.03. The standard InChI is InChI=1S/C22H21N9O2/c1-14-2-3-16(29-22(32)33-20-12-23-6-7-24-20)10-17(14)30-21-25-8-9-31(21)19-11-18(26-13-27-19)28-15-4-5-15/h2-3,6-13,15H,4-5H2,1H3,(H,25,30)(H,29,32)(H,26,27,28). The SMILES string of the molecule is Cc1ccc(NC(=O)Oc2cnccn2)cc1Nc1nccn1-c1cc(NC2CC2)ncn1. The van der Waals surface area contributed by atoms with E-state index in [2.05, 4.69) is 40.9 Å². The van der Waals surface area contributed by atoms with Crippen LogP contribution in [-0.4, -0.2) is 41.6 Å². The summed E-state index contributed by atoms with van der Waals surface area (Å²) >= 11 is 0. The third-order valence-corrected chi connectivity index (χ3v) is 4.94. The zero-order valence-corrected chi connectivity index (χ0v) is 17.8. The number of rotatable bonds is 7. The van der Waals surface area contributed by atoms with Crippen molar-refractivity contribution in [3.05, 3.63) is 67.1 Å².